The average Bonchev–Trinajstić information content (AvgIpc) is 2.52. The maximum atomic E-state index is 4.43. The largest absolute Gasteiger partial charge is 0.314 e. The fourth-order valence-electron chi connectivity index (χ4n) is 1.96. The van der Waals surface area contributed by atoms with Crippen molar-refractivity contribution in [2.24, 2.45) is 13.0 Å². The molecule has 0 aliphatic carbocycles. The van der Waals surface area contributed by atoms with Gasteiger partial charge in [0.05, 0.1) is 15.9 Å². The molecule has 0 radical (unpaired) electrons. The van der Waals surface area contributed by atoms with Gasteiger partial charge in [-0.25, -0.2) is 0 Å². The molecule has 0 amide bonds. The Morgan fingerprint density at radius 3 is 2.53 bits per heavy atom. The van der Waals surface area contributed by atoms with Gasteiger partial charge < -0.3 is 5.32 Å². The van der Waals surface area contributed by atoms with Crippen molar-refractivity contribution in [3.05, 3.63) is 15.9 Å². The van der Waals surface area contributed by atoms with Crippen LogP contribution in [0.5, 0.6) is 0 Å². The minimum Gasteiger partial charge on any atom is -0.314 e. The van der Waals surface area contributed by atoms with Crippen molar-refractivity contribution < 1.29 is 0 Å². The van der Waals surface area contributed by atoms with Gasteiger partial charge in [0.1, 0.15) is 0 Å². The maximum Gasteiger partial charge on any atom is 0.0738 e. The van der Waals surface area contributed by atoms with Gasteiger partial charge in [-0.3, -0.25) is 4.68 Å². The summed E-state index contributed by atoms with van der Waals surface area (Å²) in [6, 6.07) is 0.539. The topological polar surface area (TPSA) is 29.9 Å². The summed E-state index contributed by atoms with van der Waals surface area (Å²) in [5.41, 5.74) is 2.36. The first-order valence-electron chi connectivity index (χ1n) is 6.38. The van der Waals surface area contributed by atoms with Crippen LogP contribution in [0.4, 0.5) is 0 Å². The molecule has 0 aliphatic rings. The highest BCUT2D eigenvalue weighted by atomic mass is 79.9. The summed E-state index contributed by atoms with van der Waals surface area (Å²) in [7, 11) is 2.02. The van der Waals surface area contributed by atoms with Gasteiger partial charge in [-0.05, 0) is 55.1 Å². The molecule has 0 spiro atoms. The van der Waals surface area contributed by atoms with Gasteiger partial charge in [0.2, 0.25) is 0 Å². The summed E-state index contributed by atoms with van der Waals surface area (Å²) in [5.74, 6) is 0.604. The van der Waals surface area contributed by atoms with E-state index in [1.165, 1.54) is 12.1 Å². The number of aryl methyl sites for hydroxylation is 2. The standard InChI is InChI=1S/C13H24BrN3/c1-6-7-15-10(3)9(2)8-12-13(14)11(4)16-17(12)5/h9-10,15H,6-8H2,1-5H3. The Hall–Kier alpha value is -0.350. The molecule has 0 saturated heterocycles. The first-order valence-corrected chi connectivity index (χ1v) is 7.18. The van der Waals surface area contributed by atoms with E-state index < -0.39 is 0 Å². The zero-order valence-electron chi connectivity index (χ0n) is 11.5. The second-order valence-corrected chi connectivity index (χ2v) is 5.69. The summed E-state index contributed by atoms with van der Waals surface area (Å²) >= 11 is 3.63. The summed E-state index contributed by atoms with van der Waals surface area (Å²) in [6.07, 6.45) is 2.24. The highest BCUT2D eigenvalue weighted by Crippen LogP contribution is 2.23. The monoisotopic (exact) mass is 301 g/mol. The van der Waals surface area contributed by atoms with E-state index >= 15 is 0 Å². The summed E-state index contributed by atoms with van der Waals surface area (Å²) < 4.78 is 3.15. The van der Waals surface area contributed by atoms with Crippen molar-refractivity contribution in [1.82, 2.24) is 15.1 Å². The van der Waals surface area contributed by atoms with Crippen LogP contribution in [0.25, 0.3) is 0 Å². The number of nitrogens with zero attached hydrogens (tertiary/aromatic N) is 2. The zero-order valence-corrected chi connectivity index (χ0v) is 13.1. The van der Waals surface area contributed by atoms with Gasteiger partial charge in [-0.15, -0.1) is 0 Å². The number of aromatic nitrogens is 2. The predicted molar refractivity (Wildman–Crippen MR) is 76.3 cm³/mol. The SMILES string of the molecule is CCCNC(C)C(C)Cc1c(Br)c(C)nn1C. The third-order valence-electron chi connectivity index (χ3n) is 3.35. The molecule has 1 rings (SSSR count). The Balaban J connectivity index is 2.64. The van der Waals surface area contributed by atoms with Crippen molar-refractivity contribution in [2.75, 3.05) is 6.54 Å². The highest BCUT2D eigenvalue weighted by molar-refractivity contribution is 9.10. The molecule has 0 aromatic carbocycles. The lowest BCUT2D eigenvalue weighted by Crippen LogP contribution is -2.34. The molecular formula is C13H24BrN3. The molecule has 2 atom stereocenters. The van der Waals surface area contributed by atoms with Crippen LogP contribution in [0, 0.1) is 12.8 Å². The Kier molecular flexibility index (Phi) is 5.67. The fourth-order valence-corrected chi connectivity index (χ4v) is 2.45. The number of nitrogens with one attached hydrogen (secondary N) is 1. The van der Waals surface area contributed by atoms with Gasteiger partial charge >= 0.3 is 0 Å². The van der Waals surface area contributed by atoms with Crippen LogP contribution in [-0.4, -0.2) is 22.4 Å². The van der Waals surface area contributed by atoms with Crippen molar-refractivity contribution in [3.8, 4) is 0 Å². The first-order chi connectivity index (χ1) is 7.97. The lowest BCUT2D eigenvalue weighted by molar-refractivity contribution is 0.391. The van der Waals surface area contributed by atoms with Crippen molar-refractivity contribution in [3.63, 3.8) is 0 Å². The van der Waals surface area contributed by atoms with Gasteiger partial charge in [0.25, 0.3) is 0 Å². The predicted octanol–water partition coefficient (Wildman–Crippen LogP) is 3.06. The Morgan fingerprint density at radius 1 is 1.41 bits per heavy atom. The Morgan fingerprint density at radius 2 is 2.06 bits per heavy atom. The highest BCUT2D eigenvalue weighted by Gasteiger charge is 2.17. The second-order valence-electron chi connectivity index (χ2n) is 4.89. The molecule has 0 fully saturated rings. The number of halogens is 1. The lowest BCUT2D eigenvalue weighted by Gasteiger charge is -2.21. The molecule has 0 bridgehead atoms. The first kappa shape index (κ1) is 14.7. The van der Waals surface area contributed by atoms with Gasteiger partial charge in [-0.2, -0.15) is 5.10 Å². The van der Waals surface area contributed by atoms with Crippen LogP contribution in [0.3, 0.4) is 0 Å². The van der Waals surface area contributed by atoms with E-state index in [4.69, 9.17) is 0 Å². The minimum absolute atomic E-state index is 0.539. The van der Waals surface area contributed by atoms with Crippen LogP contribution >= 0.6 is 15.9 Å². The van der Waals surface area contributed by atoms with Gasteiger partial charge in [-0.1, -0.05) is 13.8 Å². The van der Waals surface area contributed by atoms with E-state index in [-0.39, 0.29) is 0 Å². The molecule has 1 aromatic rings. The third kappa shape index (κ3) is 3.81. The second kappa shape index (κ2) is 6.55. The Labute approximate surface area is 113 Å². The van der Waals surface area contributed by atoms with Crippen LogP contribution in [-0.2, 0) is 13.5 Å². The number of rotatable bonds is 6. The molecule has 2 unspecified atom stereocenters. The van der Waals surface area contributed by atoms with E-state index in [0.29, 0.717) is 12.0 Å². The molecule has 17 heavy (non-hydrogen) atoms. The van der Waals surface area contributed by atoms with Crippen molar-refractivity contribution in [1.29, 1.82) is 0 Å². The van der Waals surface area contributed by atoms with E-state index in [1.54, 1.807) is 0 Å². The van der Waals surface area contributed by atoms with E-state index in [9.17, 15) is 0 Å². The number of hydrogen-bond donors (Lipinski definition) is 1. The van der Waals surface area contributed by atoms with E-state index in [1.807, 2.05) is 18.7 Å². The van der Waals surface area contributed by atoms with Gasteiger partial charge in [0.15, 0.2) is 0 Å². The molecule has 1 heterocycles. The number of hydrogen-bond acceptors (Lipinski definition) is 2. The lowest BCUT2D eigenvalue weighted by atomic mass is 9.97. The van der Waals surface area contributed by atoms with Crippen molar-refractivity contribution >= 4 is 15.9 Å². The molecule has 1 aromatic heterocycles. The van der Waals surface area contributed by atoms with E-state index in [2.05, 4.69) is 47.1 Å². The zero-order chi connectivity index (χ0) is 13.0. The van der Waals surface area contributed by atoms with Gasteiger partial charge in [0, 0.05) is 13.1 Å². The minimum atomic E-state index is 0.539. The smallest absolute Gasteiger partial charge is 0.0738 e. The quantitative estimate of drug-likeness (QED) is 0.875. The Bertz CT molecular complexity index is 360. The van der Waals surface area contributed by atoms with Crippen molar-refractivity contribution in [2.45, 2.75) is 46.6 Å². The van der Waals surface area contributed by atoms with E-state index in [0.717, 1.165) is 23.1 Å². The molecule has 1 N–H and O–H groups in total. The van der Waals surface area contributed by atoms with Crippen LogP contribution in [0.2, 0.25) is 0 Å². The molecule has 0 saturated carbocycles. The maximum absolute atomic E-state index is 4.43. The normalized spacial score (nSPS) is 14.9. The molecule has 0 aliphatic heterocycles. The molecule has 4 heteroatoms. The summed E-state index contributed by atoms with van der Waals surface area (Å²) in [6.45, 7) is 9.89. The van der Waals surface area contributed by atoms with Crippen LogP contribution < -0.4 is 5.32 Å². The molecule has 3 nitrogen and oxygen atoms in total. The average molecular weight is 302 g/mol. The fraction of sp³-hybridized carbons (Fsp3) is 0.769. The molecule has 98 valence electrons. The van der Waals surface area contributed by atoms with Crippen LogP contribution in [0.15, 0.2) is 4.47 Å². The summed E-state index contributed by atoms with van der Waals surface area (Å²) in [5, 5.41) is 7.99. The molecular weight excluding hydrogens is 278 g/mol. The third-order valence-corrected chi connectivity index (χ3v) is 4.38. The summed E-state index contributed by atoms with van der Waals surface area (Å²) in [4.78, 5) is 0. The van der Waals surface area contributed by atoms with Crippen LogP contribution in [0.1, 0.15) is 38.6 Å².